The Kier molecular flexibility index (Phi) is 18.4. The number of rotatable bonds is 3. The number of nitrogens with one attached hydrogen (secondary N) is 1. The lowest BCUT2D eigenvalue weighted by atomic mass is 9.91. The van der Waals surface area contributed by atoms with Crippen molar-refractivity contribution in [1.82, 2.24) is 10.2 Å². The topological polar surface area (TPSA) is 32.3 Å². The van der Waals surface area contributed by atoms with E-state index in [-0.39, 0.29) is 13.2 Å². The van der Waals surface area contributed by atoms with Gasteiger partial charge in [-0.15, -0.1) is 0 Å². The monoisotopic (exact) mass is 314 g/mol. The van der Waals surface area contributed by atoms with Gasteiger partial charge in [0.15, 0.2) is 0 Å². The highest BCUT2D eigenvalue weighted by atomic mass is 16.1. The lowest BCUT2D eigenvalue weighted by Gasteiger charge is -2.26. The van der Waals surface area contributed by atoms with Crippen molar-refractivity contribution in [3.05, 3.63) is 0 Å². The van der Waals surface area contributed by atoms with Gasteiger partial charge in [0.2, 0.25) is 0 Å². The summed E-state index contributed by atoms with van der Waals surface area (Å²) >= 11 is 0. The summed E-state index contributed by atoms with van der Waals surface area (Å²) in [5.74, 6) is 1.20. The van der Waals surface area contributed by atoms with Crippen LogP contribution in [0.2, 0.25) is 0 Å². The molecule has 0 unspecified atom stereocenters. The van der Waals surface area contributed by atoms with Crippen LogP contribution in [0.5, 0.6) is 0 Å². The second-order valence-electron chi connectivity index (χ2n) is 6.60. The summed E-state index contributed by atoms with van der Waals surface area (Å²) in [6.07, 6.45) is 10.1. The van der Waals surface area contributed by atoms with Gasteiger partial charge >= 0.3 is 0 Å². The molecule has 0 aromatic heterocycles. The van der Waals surface area contributed by atoms with Crippen LogP contribution < -0.4 is 5.32 Å². The first-order valence-electron chi connectivity index (χ1n) is 8.96. The van der Waals surface area contributed by atoms with Crippen molar-refractivity contribution >= 4 is 5.78 Å². The van der Waals surface area contributed by atoms with E-state index in [1.807, 2.05) is 0 Å². The first kappa shape index (κ1) is 23.9. The number of Topliss-reactive ketones (excluding diaryl/α,β-unsaturated/α-hetero) is 1. The maximum atomic E-state index is 9.44. The lowest BCUT2D eigenvalue weighted by molar-refractivity contribution is -0.114. The van der Waals surface area contributed by atoms with Gasteiger partial charge in [-0.05, 0) is 32.7 Å². The van der Waals surface area contributed by atoms with E-state index in [9.17, 15) is 4.79 Å². The molecule has 22 heavy (non-hydrogen) atoms. The number of hydrogen-bond donors (Lipinski definition) is 1. The number of carbonyl (C=O) groups is 1. The molecule has 0 spiro atoms. The van der Waals surface area contributed by atoms with Crippen LogP contribution in [-0.2, 0) is 4.79 Å². The minimum Gasteiger partial charge on any atom is -0.314 e. The maximum absolute atomic E-state index is 9.44. The van der Waals surface area contributed by atoms with Gasteiger partial charge in [0.25, 0.3) is 0 Å². The first-order valence-corrected chi connectivity index (χ1v) is 8.96. The van der Waals surface area contributed by atoms with Crippen LogP contribution in [0.1, 0.15) is 80.1 Å². The smallest absolute Gasteiger partial charge is 0.126 e. The van der Waals surface area contributed by atoms with Crippen LogP contribution in [0.3, 0.4) is 0 Å². The van der Waals surface area contributed by atoms with E-state index in [0.29, 0.717) is 0 Å². The quantitative estimate of drug-likeness (QED) is 0.832. The average molecular weight is 315 g/mol. The van der Waals surface area contributed by atoms with Crippen LogP contribution >= 0.6 is 0 Å². The van der Waals surface area contributed by atoms with E-state index < -0.39 is 0 Å². The zero-order valence-corrected chi connectivity index (χ0v) is 14.9. The average Bonchev–Trinajstić information content (AvgIpc) is 2.47. The molecule has 2 rings (SSSR count). The van der Waals surface area contributed by atoms with Crippen LogP contribution in [-0.4, -0.2) is 43.4 Å². The van der Waals surface area contributed by atoms with Crippen molar-refractivity contribution in [2.45, 2.75) is 80.1 Å². The Morgan fingerprint density at radius 2 is 1.59 bits per heavy atom. The van der Waals surface area contributed by atoms with E-state index in [1.54, 1.807) is 0 Å². The summed E-state index contributed by atoms with van der Waals surface area (Å²) in [6, 6.07) is 0. The highest BCUT2D eigenvalue weighted by Gasteiger charge is 2.07. The largest absolute Gasteiger partial charge is 0.314 e. The molecule has 0 aromatic carbocycles. The van der Waals surface area contributed by atoms with E-state index in [0.717, 1.165) is 5.92 Å². The molecular formula is C19H42N2O. The Hall–Kier alpha value is -0.410. The molecule has 0 atom stereocenters. The number of ketones is 1. The van der Waals surface area contributed by atoms with Crippen LogP contribution in [0, 0.1) is 5.92 Å². The third kappa shape index (κ3) is 17.6. The predicted octanol–water partition coefficient (Wildman–Crippen LogP) is 4.51. The van der Waals surface area contributed by atoms with Gasteiger partial charge in [-0.2, -0.15) is 0 Å². The molecule has 0 radical (unpaired) electrons. The van der Waals surface area contributed by atoms with Gasteiger partial charge in [0.05, 0.1) is 0 Å². The molecule has 1 saturated carbocycles. The molecular weight excluding hydrogens is 272 g/mol. The van der Waals surface area contributed by atoms with E-state index in [4.69, 9.17) is 0 Å². The molecule has 1 saturated heterocycles. The molecule has 2 aliphatic rings. The highest BCUT2D eigenvalue weighted by molar-refractivity contribution is 5.72. The molecule has 0 aromatic rings. The number of nitrogens with zero attached hydrogens (tertiary/aromatic N) is 1. The third-order valence-corrected chi connectivity index (χ3v) is 3.93. The fraction of sp³-hybridized carbons (Fsp3) is 0.947. The van der Waals surface area contributed by atoms with E-state index in [2.05, 4.69) is 24.1 Å². The zero-order chi connectivity index (χ0) is 15.9. The Labute approximate surface area is 140 Å². The molecule has 1 N–H and O–H groups in total. The summed E-state index contributed by atoms with van der Waals surface area (Å²) in [6.45, 7) is 13.8. The maximum Gasteiger partial charge on any atom is 0.126 e. The van der Waals surface area contributed by atoms with E-state index >= 15 is 0 Å². The zero-order valence-electron chi connectivity index (χ0n) is 14.9. The Balaban J connectivity index is 0. The van der Waals surface area contributed by atoms with Gasteiger partial charge in [0.1, 0.15) is 5.78 Å². The molecule has 3 heteroatoms. The van der Waals surface area contributed by atoms with Gasteiger partial charge in [-0.25, -0.2) is 0 Å². The summed E-state index contributed by atoms with van der Waals surface area (Å²) in [5, 5.41) is 3.35. The van der Waals surface area contributed by atoms with E-state index in [1.165, 1.54) is 91.5 Å². The molecule has 134 valence electrons. The molecule has 2 fully saturated rings. The van der Waals surface area contributed by atoms with Crippen molar-refractivity contribution in [1.29, 1.82) is 0 Å². The minimum atomic E-state index is 0. The van der Waals surface area contributed by atoms with Gasteiger partial charge in [0, 0.05) is 26.2 Å². The Bertz CT molecular complexity index is 228. The number of hydrogen-bond acceptors (Lipinski definition) is 3. The van der Waals surface area contributed by atoms with Crippen LogP contribution in [0.15, 0.2) is 0 Å². The van der Waals surface area contributed by atoms with Crippen molar-refractivity contribution in [3.8, 4) is 0 Å². The van der Waals surface area contributed by atoms with Crippen molar-refractivity contribution in [2.24, 2.45) is 5.92 Å². The fourth-order valence-electron chi connectivity index (χ4n) is 2.62. The second-order valence-corrected chi connectivity index (χ2v) is 6.60. The summed E-state index contributed by atoms with van der Waals surface area (Å²) in [7, 11) is 0. The van der Waals surface area contributed by atoms with Crippen molar-refractivity contribution in [2.75, 3.05) is 32.7 Å². The van der Waals surface area contributed by atoms with Crippen LogP contribution in [0.25, 0.3) is 0 Å². The highest BCUT2D eigenvalue weighted by Crippen LogP contribution is 2.22. The Morgan fingerprint density at radius 3 is 1.95 bits per heavy atom. The Morgan fingerprint density at radius 1 is 1.09 bits per heavy atom. The summed E-state index contributed by atoms with van der Waals surface area (Å²) < 4.78 is 0. The molecule has 1 aliphatic carbocycles. The lowest BCUT2D eigenvalue weighted by Crippen LogP contribution is -2.43. The second kappa shape index (κ2) is 17.0. The summed E-state index contributed by atoms with van der Waals surface area (Å²) in [4.78, 5) is 12.0. The first-order chi connectivity index (χ1) is 10.1. The van der Waals surface area contributed by atoms with Crippen molar-refractivity contribution in [3.63, 3.8) is 0 Å². The normalized spacial score (nSPS) is 18.9. The molecule has 1 heterocycles. The number of carbonyl (C=O) groups excluding carboxylic acids is 1. The van der Waals surface area contributed by atoms with Gasteiger partial charge < -0.3 is 15.0 Å². The van der Waals surface area contributed by atoms with Gasteiger partial charge in [-0.3, -0.25) is 0 Å². The summed E-state index contributed by atoms with van der Waals surface area (Å²) in [5.41, 5.74) is 0. The molecule has 0 amide bonds. The van der Waals surface area contributed by atoms with Crippen molar-refractivity contribution < 1.29 is 4.79 Å². The molecule has 1 aliphatic heterocycles. The predicted molar refractivity (Wildman–Crippen MR) is 99.6 cm³/mol. The molecule has 3 nitrogen and oxygen atoms in total. The number of piperazine rings is 1. The minimum absolute atomic E-state index is 0. The SMILES string of the molecule is C.CC(C)=O.CC1CCCCC1.CCCCN1CCNCC1. The van der Waals surface area contributed by atoms with Gasteiger partial charge in [-0.1, -0.05) is 59.8 Å². The fourth-order valence-corrected chi connectivity index (χ4v) is 2.62. The van der Waals surface area contributed by atoms with Crippen LogP contribution in [0.4, 0.5) is 0 Å². The third-order valence-electron chi connectivity index (χ3n) is 3.93. The standard InChI is InChI=1S/C8H18N2.C7H14.C3H6O.CH4/c1-2-3-6-10-7-4-9-5-8-10;1-7-5-3-2-4-6-7;1-3(2)4;/h9H,2-8H2,1H3;7H,2-6H2,1H3;1-2H3;1H4. The number of unbranched alkanes of at least 4 members (excludes halogenated alkanes) is 1. The molecule has 0 bridgehead atoms.